The number of carboxylic acids is 1. The molecule has 6 aliphatic rings. The molecular formula is C59H87ClN4O18. The van der Waals surface area contributed by atoms with Crippen LogP contribution in [0.25, 0.3) is 10.9 Å². The first-order valence-corrected chi connectivity index (χ1v) is 29.5. The van der Waals surface area contributed by atoms with Gasteiger partial charge < -0.3 is 77.7 Å². The average Bonchev–Trinajstić information content (AvgIpc) is 4.21. The van der Waals surface area contributed by atoms with Gasteiger partial charge in [0.2, 0.25) is 11.3 Å². The molecule has 6 fully saturated rings. The summed E-state index contributed by atoms with van der Waals surface area (Å²) < 4.78 is 65.5. The maximum Gasteiger partial charge on any atom is 0.341 e. The second-order valence-corrected chi connectivity index (χ2v) is 25.0. The molecule has 22 nitrogen and oxygen atoms in total. The van der Waals surface area contributed by atoms with Crippen molar-refractivity contribution in [2.45, 2.75) is 198 Å². The highest BCUT2D eigenvalue weighted by Gasteiger charge is 2.59. The Morgan fingerprint density at radius 2 is 1.65 bits per heavy atom. The van der Waals surface area contributed by atoms with E-state index in [-0.39, 0.29) is 99.5 Å². The second-order valence-electron chi connectivity index (χ2n) is 24.6. The minimum Gasteiger partial charge on any atom is -0.477 e. The number of rotatable bonds is 20. The summed E-state index contributed by atoms with van der Waals surface area (Å²) in [5, 5.41) is 28.4. The summed E-state index contributed by atoms with van der Waals surface area (Å²) in [6.45, 7) is 17.6. The van der Waals surface area contributed by atoms with Gasteiger partial charge in [0.05, 0.1) is 91.6 Å². The summed E-state index contributed by atoms with van der Waals surface area (Å²) >= 11 is 6.59. The fraction of sp³-hybridized carbons (Fsp3) is 0.763. The number of aliphatic hydroxyl groups excluding tert-OH is 1. The molecule has 6 heterocycles. The third kappa shape index (κ3) is 13.5. The third-order valence-electron chi connectivity index (χ3n) is 18.2. The molecule has 23 heteroatoms. The number of carboxylic acid groups (broad SMARTS) is 1. The standard InChI is InChI=1S/C59H87ClN4O18/c1-13-43-57(7)26-44(65)62-51(57)31(3)47(67)35-25-59(9,76-29-35)52(82-56-49(69)42(63(10)11)22-30(2)77-56)32(4)50(33(5)55(72)79-43)81-46-27-58(8,73-12)53(34(6)78-46)80-45(66)16-18-74-20-21-75-19-17-61-40-23-37-41(24-39(40)60)64(36-14-15-36)28-38(48(37)68)54(70)71/h23-24,28,30-36,42-43,46,49-53,56,61,69H,13-22,25-27,29H2,1-12H3,(H,62,65)(H,70,71)/t30-,31+,32+,33-,34+,35+,42+,43-,46+,49-,50+,51-,52-,53+,56+,57-,58-,59-/m1/s1. The number of hydrogen-bond donors (Lipinski definition) is 4. The molecule has 5 aliphatic heterocycles. The fourth-order valence-corrected chi connectivity index (χ4v) is 13.7. The zero-order chi connectivity index (χ0) is 59.7. The summed E-state index contributed by atoms with van der Waals surface area (Å²) in [5.41, 5.74) is -3.06. The molecule has 8 rings (SSSR count). The Hall–Kier alpha value is -4.33. The number of hydrogen-bond acceptors (Lipinski definition) is 19. The number of halogens is 1. The second kappa shape index (κ2) is 26.1. The van der Waals surface area contributed by atoms with E-state index in [0.29, 0.717) is 35.6 Å². The summed E-state index contributed by atoms with van der Waals surface area (Å²) in [4.78, 5) is 83.0. The number of aromatic nitrogens is 1. The number of esters is 2. The van der Waals surface area contributed by atoms with E-state index in [0.717, 1.165) is 12.8 Å². The lowest BCUT2D eigenvalue weighted by molar-refractivity contribution is -0.318. The van der Waals surface area contributed by atoms with Crippen LogP contribution in [0, 0.1) is 29.1 Å². The molecule has 1 aromatic heterocycles. The number of nitrogens with zero attached hydrogens (tertiary/aromatic N) is 2. The van der Waals surface area contributed by atoms with E-state index in [4.69, 9.17) is 59.0 Å². The number of benzene rings is 1. The Bertz CT molecular complexity index is 2710. The van der Waals surface area contributed by atoms with E-state index in [1.807, 2.05) is 65.1 Å². The summed E-state index contributed by atoms with van der Waals surface area (Å²) in [7, 11) is 5.28. The Morgan fingerprint density at radius 1 is 0.939 bits per heavy atom. The molecule has 18 atom stereocenters. The highest BCUT2D eigenvalue weighted by Crippen LogP contribution is 2.48. The summed E-state index contributed by atoms with van der Waals surface area (Å²) in [5.74, 6) is -5.66. The van der Waals surface area contributed by atoms with Crippen molar-refractivity contribution in [3.63, 3.8) is 0 Å². The molecule has 2 bridgehead atoms. The largest absolute Gasteiger partial charge is 0.477 e. The lowest BCUT2D eigenvalue weighted by Gasteiger charge is -2.49. The number of aliphatic hydroxyl groups is 1. The highest BCUT2D eigenvalue weighted by atomic mass is 35.5. The van der Waals surface area contributed by atoms with E-state index >= 15 is 0 Å². The molecule has 458 valence electrons. The van der Waals surface area contributed by atoms with Gasteiger partial charge in [0.1, 0.15) is 29.2 Å². The quantitative estimate of drug-likeness (QED) is 0.0918. The topological polar surface area (TPSA) is 267 Å². The number of cyclic esters (lactones) is 1. The number of ketones is 1. The van der Waals surface area contributed by atoms with E-state index < -0.39 is 119 Å². The van der Waals surface area contributed by atoms with Crippen LogP contribution in [0.2, 0.25) is 5.02 Å². The zero-order valence-electron chi connectivity index (χ0n) is 49.6. The Kier molecular flexibility index (Phi) is 20.3. The van der Waals surface area contributed by atoms with Crippen molar-refractivity contribution in [2.24, 2.45) is 29.1 Å². The maximum absolute atomic E-state index is 14.8. The molecule has 1 aromatic carbocycles. The van der Waals surface area contributed by atoms with Crippen molar-refractivity contribution in [3.8, 4) is 0 Å². The van der Waals surface area contributed by atoms with Crippen LogP contribution in [0.15, 0.2) is 23.1 Å². The Balaban J connectivity index is 0.911. The van der Waals surface area contributed by atoms with Crippen molar-refractivity contribution in [3.05, 3.63) is 39.1 Å². The minimum absolute atomic E-state index is 0.0394. The average molecular weight is 1180 g/mol. The first kappa shape index (κ1) is 63.7. The predicted molar refractivity (Wildman–Crippen MR) is 299 cm³/mol. The Labute approximate surface area is 485 Å². The first-order chi connectivity index (χ1) is 38.7. The molecule has 0 radical (unpaired) electrons. The number of anilines is 1. The van der Waals surface area contributed by atoms with Gasteiger partial charge in [0.25, 0.3) is 0 Å². The summed E-state index contributed by atoms with van der Waals surface area (Å²) in [6, 6.07) is 2.45. The van der Waals surface area contributed by atoms with Gasteiger partial charge in [-0.15, -0.1) is 0 Å². The molecule has 0 unspecified atom stereocenters. The number of carbonyl (C=O) groups excluding carboxylic acids is 4. The first-order valence-electron chi connectivity index (χ1n) is 29.1. The number of methoxy groups -OCH3 is 1. The normalized spacial score (nSPS) is 37.3. The van der Waals surface area contributed by atoms with Crippen LogP contribution in [0.1, 0.15) is 130 Å². The predicted octanol–water partition coefficient (Wildman–Crippen LogP) is 5.67. The van der Waals surface area contributed by atoms with Crippen LogP contribution >= 0.6 is 11.6 Å². The van der Waals surface area contributed by atoms with Gasteiger partial charge in [0.15, 0.2) is 18.7 Å². The smallest absolute Gasteiger partial charge is 0.341 e. The minimum atomic E-state index is -1.28. The van der Waals surface area contributed by atoms with Crippen LogP contribution in [0.5, 0.6) is 0 Å². The van der Waals surface area contributed by atoms with Gasteiger partial charge in [0, 0.05) is 79.4 Å². The SMILES string of the molecule is CC[C@H]1OC(=O)[C@H](C)[C@@H](O[C@H]2C[C@@](C)(OC)[C@@H](OC(=O)CCOCCOCCNc3cc4c(=O)c(C(=O)O)cn(C5CC5)c4cc3Cl)[C@H](C)O2)[C@H](C)[C@@H](O[C@@H]2O[C@H](C)C[C@H](N(C)C)[C@H]2O)[C@@]2(C)C[C@@H](CO2)C(=O)[C@H](C)[C@H]2NC(=O)C[C@@]21C. The van der Waals surface area contributed by atoms with Crippen LogP contribution in [0.3, 0.4) is 0 Å². The van der Waals surface area contributed by atoms with E-state index in [9.17, 15) is 39.0 Å². The number of pyridine rings is 1. The number of nitrogens with one attached hydrogen (secondary N) is 2. The highest BCUT2D eigenvalue weighted by molar-refractivity contribution is 6.34. The van der Waals surface area contributed by atoms with Gasteiger partial charge in [-0.05, 0) is 93.0 Å². The molecule has 0 spiro atoms. The van der Waals surface area contributed by atoms with Crippen LogP contribution in [0.4, 0.5) is 5.69 Å². The van der Waals surface area contributed by atoms with Crippen molar-refractivity contribution in [2.75, 3.05) is 66.1 Å². The van der Waals surface area contributed by atoms with Crippen molar-refractivity contribution in [1.82, 2.24) is 14.8 Å². The molecule has 5 saturated heterocycles. The fourth-order valence-electron chi connectivity index (χ4n) is 13.5. The van der Waals surface area contributed by atoms with Crippen LogP contribution in [-0.4, -0.2) is 189 Å². The van der Waals surface area contributed by atoms with Crippen molar-refractivity contribution < 1.29 is 81.6 Å². The van der Waals surface area contributed by atoms with Gasteiger partial charge in [-0.25, -0.2) is 4.79 Å². The van der Waals surface area contributed by atoms with Gasteiger partial charge >= 0.3 is 17.9 Å². The lowest BCUT2D eigenvalue weighted by atomic mass is 9.69. The molecule has 1 amide bonds. The van der Waals surface area contributed by atoms with Gasteiger partial charge in [-0.1, -0.05) is 39.3 Å². The number of ether oxygens (including phenoxy) is 10. The molecule has 1 saturated carbocycles. The number of aromatic carboxylic acids is 1. The van der Waals surface area contributed by atoms with E-state index in [1.54, 1.807) is 32.9 Å². The zero-order valence-corrected chi connectivity index (χ0v) is 50.3. The molecule has 82 heavy (non-hydrogen) atoms. The lowest BCUT2D eigenvalue weighted by Crippen LogP contribution is -2.61. The number of amides is 1. The third-order valence-corrected chi connectivity index (χ3v) is 18.6. The van der Waals surface area contributed by atoms with Crippen LogP contribution < -0.4 is 16.1 Å². The molecular weight excluding hydrogens is 1090 g/mol. The molecule has 1 aliphatic carbocycles. The van der Waals surface area contributed by atoms with Gasteiger partial charge in [-0.2, -0.15) is 0 Å². The monoisotopic (exact) mass is 1170 g/mol. The number of Topliss-reactive ketones (excluding diaryl/α,β-unsaturated/α-hetero) is 1. The molecule has 4 N–H and O–H groups in total. The van der Waals surface area contributed by atoms with Crippen molar-refractivity contribution >= 4 is 57.8 Å². The Morgan fingerprint density at radius 3 is 2.30 bits per heavy atom. The van der Waals surface area contributed by atoms with E-state index in [2.05, 4.69) is 10.6 Å². The molecule has 2 aromatic rings. The maximum atomic E-state index is 14.8. The number of fused-ring (bicyclic) bond motifs is 4. The number of likely N-dealkylation sites (N-methyl/N-ethyl adjacent to an activating group) is 1. The summed E-state index contributed by atoms with van der Waals surface area (Å²) in [6.07, 6.45) is -3.53. The van der Waals surface area contributed by atoms with E-state index in [1.165, 1.54) is 13.3 Å². The van der Waals surface area contributed by atoms with Crippen molar-refractivity contribution in [1.29, 1.82) is 0 Å². The number of carbonyl (C=O) groups is 5. The van der Waals surface area contributed by atoms with Crippen LogP contribution in [-0.2, 0) is 66.5 Å². The van der Waals surface area contributed by atoms with Gasteiger partial charge in [-0.3, -0.25) is 24.0 Å².